The molecule has 0 radical (unpaired) electrons. The number of amides is 2. The zero-order chi connectivity index (χ0) is 13.7. The van der Waals surface area contributed by atoms with Gasteiger partial charge in [-0.25, -0.2) is 8.78 Å². The highest BCUT2D eigenvalue weighted by Crippen LogP contribution is 2.18. The van der Waals surface area contributed by atoms with Crippen LogP contribution in [0.15, 0.2) is 12.1 Å². The maximum absolute atomic E-state index is 13.4. The van der Waals surface area contributed by atoms with Gasteiger partial charge in [0.2, 0.25) is 11.8 Å². The molecule has 1 aromatic carbocycles. The lowest BCUT2D eigenvalue weighted by molar-refractivity contribution is -0.123. The molecular weight excluding hydrogens is 244 g/mol. The molecule has 0 aliphatic rings. The minimum absolute atomic E-state index is 0.141. The van der Waals surface area contributed by atoms with Gasteiger partial charge in [-0.2, -0.15) is 0 Å². The van der Waals surface area contributed by atoms with Gasteiger partial charge in [0.25, 0.3) is 0 Å². The topological polar surface area (TPSA) is 84.2 Å². The van der Waals surface area contributed by atoms with Crippen molar-refractivity contribution >= 4 is 17.5 Å². The Kier molecular flexibility index (Phi) is 4.73. The summed E-state index contributed by atoms with van der Waals surface area (Å²) in [7, 11) is 0. The third-order valence-electron chi connectivity index (χ3n) is 2.15. The number of benzene rings is 1. The largest absolute Gasteiger partial charge is 0.346 e. The lowest BCUT2D eigenvalue weighted by Crippen LogP contribution is -2.36. The third kappa shape index (κ3) is 3.77. The van der Waals surface area contributed by atoms with Gasteiger partial charge in [0.1, 0.15) is 11.6 Å². The zero-order valence-electron chi connectivity index (χ0n) is 9.72. The first kappa shape index (κ1) is 14.0. The maximum Gasteiger partial charge on any atom is 0.243 e. The van der Waals surface area contributed by atoms with E-state index in [2.05, 4.69) is 10.6 Å². The number of nitrogens with one attached hydrogen (secondary N) is 2. The van der Waals surface area contributed by atoms with Crippen LogP contribution in [0.1, 0.15) is 5.56 Å². The fraction of sp³-hybridized carbons (Fsp3) is 0.273. The summed E-state index contributed by atoms with van der Waals surface area (Å²) in [4.78, 5) is 22.1. The predicted molar refractivity (Wildman–Crippen MR) is 61.8 cm³/mol. The first-order valence-electron chi connectivity index (χ1n) is 5.16. The molecule has 0 bridgehead atoms. The summed E-state index contributed by atoms with van der Waals surface area (Å²) in [6.07, 6.45) is 0. The average molecular weight is 257 g/mol. The fourth-order valence-electron chi connectivity index (χ4n) is 1.19. The van der Waals surface area contributed by atoms with Crippen LogP contribution in [-0.4, -0.2) is 24.9 Å². The van der Waals surface area contributed by atoms with Crippen molar-refractivity contribution in [3.63, 3.8) is 0 Å². The van der Waals surface area contributed by atoms with Gasteiger partial charge in [0, 0.05) is 6.07 Å². The van der Waals surface area contributed by atoms with Gasteiger partial charge in [-0.1, -0.05) is 0 Å². The summed E-state index contributed by atoms with van der Waals surface area (Å²) in [5, 5.41) is 4.35. The molecule has 0 atom stereocenters. The highest BCUT2D eigenvalue weighted by atomic mass is 19.1. The van der Waals surface area contributed by atoms with Gasteiger partial charge >= 0.3 is 0 Å². The van der Waals surface area contributed by atoms with Crippen molar-refractivity contribution < 1.29 is 18.4 Å². The third-order valence-corrected chi connectivity index (χ3v) is 2.15. The summed E-state index contributed by atoms with van der Waals surface area (Å²) in [6.45, 7) is 0.803. The summed E-state index contributed by atoms with van der Waals surface area (Å²) in [5.41, 5.74) is 4.89. The van der Waals surface area contributed by atoms with Gasteiger partial charge in [0.15, 0.2) is 0 Å². The molecular formula is C11H13F2N3O2. The van der Waals surface area contributed by atoms with Crippen molar-refractivity contribution in [2.45, 2.75) is 6.92 Å². The van der Waals surface area contributed by atoms with E-state index < -0.39 is 23.4 Å². The monoisotopic (exact) mass is 257 g/mol. The Hall–Kier alpha value is -2.02. The van der Waals surface area contributed by atoms with Gasteiger partial charge in [0.05, 0.1) is 18.8 Å². The summed E-state index contributed by atoms with van der Waals surface area (Å²) >= 11 is 0. The van der Waals surface area contributed by atoms with Gasteiger partial charge in [-0.15, -0.1) is 0 Å². The van der Waals surface area contributed by atoms with Crippen LogP contribution in [0.5, 0.6) is 0 Å². The summed E-state index contributed by atoms with van der Waals surface area (Å²) in [5.74, 6) is -2.55. The van der Waals surface area contributed by atoms with E-state index in [0.717, 1.165) is 12.1 Å². The smallest absolute Gasteiger partial charge is 0.243 e. The van der Waals surface area contributed by atoms with E-state index in [-0.39, 0.29) is 24.3 Å². The standard InChI is InChI=1S/C11H13F2N3O2/c1-6-2-8(13)9(3-7(6)12)16-11(18)5-15-10(17)4-14/h2-3H,4-5,14H2,1H3,(H,15,17)(H,16,18). The van der Waals surface area contributed by atoms with Gasteiger partial charge in [-0.3, -0.25) is 9.59 Å². The Morgan fingerprint density at radius 1 is 1.22 bits per heavy atom. The number of aryl methyl sites for hydroxylation is 1. The molecule has 4 N–H and O–H groups in total. The molecule has 2 amide bonds. The number of carbonyl (C=O) groups is 2. The fourth-order valence-corrected chi connectivity index (χ4v) is 1.19. The molecule has 98 valence electrons. The maximum atomic E-state index is 13.4. The number of hydrogen-bond donors (Lipinski definition) is 3. The second kappa shape index (κ2) is 6.06. The molecule has 0 spiro atoms. The zero-order valence-corrected chi connectivity index (χ0v) is 9.72. The molecule has 7 heteroatoms. The van der Waals surface area contributed by atoms with Crippen molar-refractivity contribution in [1.29, 1.82) is 0 Å². The Morgan fingerprint density at radius 2 is 1.89 bits per heavy atom. The van der Waals surface area contributed by atoms with Gasteiger partial charge in [-0.05, 0) is 18.6 Å². The molecule has 0 saturated carbocycles. The highest BCUT2D eigenvalue weighted by molar-refractivity contribution is 5.94. The van der Waals surface area contributed by atoms with Crippen LogP contribution in [0.2, 0.25) is 0 Å². The quantitative estimate of drug-likeness (QED) is 0.724. The normalized spacial score (nSPS) is 10.0. The highest BCUT2D eigenvalue weighted by Gasteiger charge is 2.10. The second-order valence-electron chi connectivity index (χ2n) is 3.61. The summed E-state index contributed by atoms with van der Waals surface area (Å²) in [6, 6.07) is 1.86. The number of carbonyl (C=O) groups excluding carboxylic acids is 2. The van der Waals surface area contributed by atoms with E-state index in [4.69, 9.17) is 5.73 Å². The molecule has 1 aromatic rings. The SMILES string of the molecule is Cc1cc(F)c(NC(=O)CNC(=O)CN)cc1F. The van der Waals surface area contributed by atoms with Crippen LogP contribution in [-0.2, 0) is 9.59 Å². The minimum Gasteiger partial charge on any atom is -0.346 e. The van der Waals surface area contributed by atoms with E-state index in [9.17, 15) is 18.4 Å². The van der Waals surface area contributed by atoms with Crippen LogP contribution in [0.4, 0.5) is 14.5 Å². The van der Waals surface area contributed by atoms with E-state index in [1.807, 2.05) is 0 Å². The molecule has 5 nitrogen and oxygen atoms in total. The van der Waals surface area contributed by atoms with Crippen LogP contribution in [0.25, 0.3) is 0 Å². The van der Waals surface area contributed by atoms with E-state index in [0.29, 0.717) is 0 Å². The Bertz CT molecular complexity index is 478. The number of hydrogen-bond acceptors (Lipinski definition) is 3. The first-order valence-corrected chi connectivity index (χ1v) is 5.16. The average Bonchev–Trinajstić information content (AvgIpc) is 2.33. The number of anilines is 1. The molecule has 0 unspecified atom stereocenters. The molecule has 0 aliphatic carbocycles. The second-order valence-corrected chi connectivity index (χ2v) is 3.61. The number of nitrogens with two attached hydrogens (primary N) is 1. The van der Waals surface area contributed by atoms with E-state index >= 15 is 0 Å². The molecule has 0 heterocycles. The number of rotatable bonds is 4. The van der Waals surface area contributed by atoms with Crippen LogP contribution in [0, 0.1) is 18.6 Å². The molecule has 1 rings (SSSR count). The minimum atomic E-state index is -0.743. The first-order chi connectivity index (χ1) is 8.43. The summed E-state index contributed by atoms with van der Waals surface area (Å²) < 4.78 is 26.5. The van der Waals surface area contributed by atoms with Crippen LogP contribution >= 0.6 is 0 Å². The van der Waals surface area contributed by atoms with Crippen LogP contribution in [0.3, 0.4) is 0 Å². The van der Waals surface area contributed by atoms with Crippen molar-refractivity contribution in [2.75, 3.05) is 18.4 Å². The Balaban J connectivity index is 2.65. The molecule has 0 aromatic heterocycles. The molecule has 0 saturated heterocycles. The molecule has 0 aliphatic heterocycles. The van der Waals surface area contributed by atoms with Crippen molar-refractivity contribution in [3.8, 4) is 0 Å². The van der Waals surface area contributed by atoms with E-state index in [1.165, 1.54) is 6.92 Å². The lowest BCUT2D eigenvalue weighted by atomic mass is 10.2. The van der Waals surface area contributed by atoms with Crippen molar-refractivity contribution in [1.82, 2.24) is 5.32 Å². The lowest BCUT2D eigenvalue weighted by Gasteiger charge is -2.08. The Labute approximate surface area is 102 Å². The van der Waals surface area contributed by atoms with E-state index in [1.54, 1.807) is 0 Å². The molecule has 18 heavy (non-hydrogen) atoms. The Morgan fingerprint density at radius 3 is 2.50 bits per heavy atom. The predicted octanol–water partition coefficient (Wildman–Crippen LogP) is 0.287. The molecule has 0 fully saturated rings. The van der Waals surface area contributed by atoms with Crippen molar-refractivity contribution in [2.24, 2.45) is 5.73 Å². The van der Waals surface area contributed by atoms with Gasteiger partial charge < -0.3 is 16.4 Å². The van der Waals surface area contributed by atoms with Crippen LogP contribution < -0.4 is 16.4 Å². The number of halogens is 2. The van der Waals surface area contributed by atoms with Crippen molar-refractivity contribution in [3.05, 3.63) is 29.3 Å².